The van der Waals surface area contributed by atoms with Crippen molar-refractivity contribution in [2.24, 2.45) is 17.3 Å². The van der Waals surface area contributed by atoms with Gasteiger partial charge in [-0.25, -0.2) is 0 Å². The van der Waals surface area contributed by atoms with E-state index in [0.29, 0.717) is 39.0 Å². The summed E-state index contributed by atoms with van der Waals surface area (Å²) in [7, 11) is 1.92. The fraction of sp³-hybridized carbons (Fsp3) is 0.667. The van der Waals surface area contributed by atoms with Crippen LogP contribution in [0.25, 0.3) is 0 Å². The quantitative estimate of drug-likeness (QED) is 0.744. The van der Waals surface area contributed by atoms with Gasteiger partial charge in [-0.3, -0.25) is 9.48 Å². The number of aryl methyl sites for hydroxylation is 2. The Labute approximate surface area is 148 Å². The van der Waals surface area contributed by atoms with Crippen LogP contribution >= 0.6 is 0 Å². The van der Waals surface area contributed by atoms with Crippen LogP contribution in [0.3, 0.4) is 0 Å². The molecular formula is C18H25N5O2. The second kappa shape index (κ2) is 6.96. The number of nitrogens with zero attached hydrogens (tertiary/aromatic N) is 5. The number of rotatable bonds is 6. The molecule has 3 rings (SSSR count). The summed E-state index contributed by atoms with van der Waals surface area (Å²) in [5.41, 5.74) is 2.71. The minimum absolute atomic E-state index is 0.0790. The molecule has 25 heavy (non-hydrogen) atoms. The van der Waals surface area contributed by atoms with Gasteiger partial charge in [-0.2, -0.15) is 15.3 Å². The molecule has 3 heterocycles. The van der Waals surface area contributed by atoms with Crippen LogP contribution in [0, 0.1) is 26.2 Å². The summed E-state index contributed by atoms with van der Waals surface area (Å²) >= 11 is 0. The minimum Gasteiger partial charge on any atom is -0.377 e. The second-order valence-electron chi connectivity index (χ2n) is 6.77. The highest BCUT2D eigenvalue weighted by Gasteiger charge is 2.40. The zero-order valence-corrected chi connectivity index (χ0v) is 15.2. The van der Waals surface area contributed by atoms with E-state index in [4.69, 9.17) is 11.2 Å². The van der Waals surface area contributed by atoms with Gasteiger partial charge in [0.1, 0.15) is 0 Å². The van der Waals surface area contributed by atoms with Gasteiger partial charge in [0, 0.05) is 50.5 Å². The van der Waals surface area contributed by atoms with E-state index in [9.17, 15) is 4.79 Å². The number of ether oxygens (including phenoxy) is 1. The summed E-state index contributed by atoms with van der Waals surface area (Å²) < 4.78 is 7.52. The monoisotopic (exact) mass is 343 g/mol. The van der Waals surface area contributed by atoms with Crippen molar-refractivity contribution in [2.45, 2.75) is 51.2 Å². The number of carbonyl (C=O) groups is 1. The molecule has 7 nitrogen and oxygen atoms in total. The van der Waals surface area contributed by atoms with Gasteiger partial charge in [0.2, 0.25) is 5.91 Å². The van der Waals surface area contributed by atoms with Crippen molar-refractivity contribution in [1.82, 2.24) is 14.7 Å². The van der Waals surface area contributed by atoms with Gasteiger partial charge >= 0.3 is 0 Å². The van der Waals surface area contributed by atoms with Crippen molar-refractivity contribution in [2.75, 3.05) is 19.8 Å². The van der Waals surface area contributed by atoms with E-state index in [0.717, 1.165) is 23.4 Å². The van der Waals surface area contributed by atoms with Gasteiger partial charge in [0.05, 0.1) is 24.9 Å². The fourth-order valence-electron chi connectivity index (χ4n) is 3.53. The first-order valence-corrected chi connectivity index (χ1v) is 8.72. The van der Waals surface area contributed by atoms with Gasteiger partial charge in [-0.1, -0.05) is 0 Å². The lowest BCUT2D eigenvalue weighted by Gasteiger charge is -2.36. The standard InChI is InChI=1S/C18H25N5O2/c1-5-6-8-18(20-21-18)9-7-16(24)23-10-11-25-12-15(23)17-13(2)19-22(4)14(17)3/h1,15H,6-12H2,2-4H3. The van der Waals surface area contributed by atoms with Crippen molar-refractivity contribution in [3.63, 3.8) is 0 Å². The van der Waals surface area contributed by atoms with Gasteiger partial charge in [0.25, 0.3) is 0 Å². The Hall–Kier alpha value is -2.20. The lowest BCUT2D eigenvalue weighted by Crippen LogP contribution is -2.44. The molecule has 2 aliphatic heterocycles. The highest BCUT2D eigenvalue weighted by atomic mass is 16.5. The Morgan fingerprint density at radius 2 is 2.16 bits per heavy atom. The lowest BCUT2D eigenvalue weighted by molar-refractivity contribution is -0.140. The summed E-state index contributed by atoms with van der Waals surface area (Å²) in [4.78, 5) is 14.8. The predicted molar refractivity (Wildman–Crippen MR) is 92.8 cm³/mol. The fourth-order valence-corrected chi connectivity index (χ4v) is 3.53. The normalized spacial score (nSPS) is 21.2. The number of morpholine rings is 1. The number of hydrogen-bond acceptors (Lipinski definition) is 5. The van der Waals surface area contributed by atoms with Crippen molar-refractivity contribution < 1.29 is 9.53 Å². The predicted octanol–water partition coefficient (Wildman–Crippen LogP) is 2.29. The SMILES string of the molecule is C#CCCC1(CCC(=O)N2CCOCC2c2c(C)nn(C)c2C)N=N1. The number of hydrogen-bond donors (Lipinski definition) is 0. The Kier molecular flexibility index (Phi) is 4.91. The van der Waals surface area contributed by atoms with Crippen molar-refractivity contribution in [3.8, 4) is 12.3 Å². The lowest BCUT2D eigenvalue weighted by atomic mass is 9.99. The number of aromatic nitrogens is 2. The maximum atomic E-state index is 12.9. The molecule has 134 valence electrons. The van der Waals surface area contributed by atoms with Gasteiger partial charge in [-0.05, 0) is 13.8 Å². The third kappa shape index (κ3) is 3.59. The average Bonchev–Trinajstić information content (AvgIpc) is 3.33. The Morgan fingerprint density at radius 3 is 2.76 bits per heavy atom. The molecule has 0 saturated carbocycles. The van der Waals surface area contributed by atoms with Crippen molar-refractivity contribution in [3.05, 3.63) is 17.0 Å². The van der Waals surface area contributed by atoms with Crippen LogP contribution in [0.2, 0.25) is 0 Å². The van der Waals surface area contributed by atoms with E-state index in [-0.39, 0.29) is 11.9 Å². The molecule has 7 heteroatoms. The van der Waals surface area contributed by atoms with E-state index < -0.39 is 5.66 Å². The molecule has 0 aliphatic carbocycles. The first kappa shape index (κ1) is 17.6. The zero-order valence-electron chi connectivity index (χ0n) is 15.2. The summed E-state index contributed by atoms with van der Waals surface area (Å²) in [5, 5.41) is 12.7. The first-order valence-electron chi connectivity index (χ1n) is 8.72. The van der Waals surface area contributed by atoms with E-state index in [2.05, 4.69) is 21.2 Å². The molecule has 1 amide bonds. The van der Waals surface area contributed by atoms with Crippen LogP contribution in [-0.4, -0.2) is 46.0 Å². The highest BCUT2D eigenvalue weighted by Crippen LogP contribution is 2.38. The zero-order chi connectivity index (χ0) is 18.0. The van der Waals surface area contributed by atoms with Crippen molar-refractivity contribution >= 4 is 5.91 Å². The maximum absolute atomic E-state index is 12.9. The first-order chi connectivity index (χ1) is 12.0. The molecule has 0 bridgehead atoms. The number of terminal acetylenes is 1. The number of carbonyl (C=O) groups excluding carboxylic acids is 1. The van der Waals surface area contributed by atoms with E-state index in [1.165, 1.54) is 0 Å². The molecule has 0 radical (unpaired) electrons. The van der Waals surface area contributed by atoms with E-state index in [1.54, 1.807) is 0 Å². The molecule has 2 aliphatic rings. The van der Waals surface area contributed by atoms with Crippen LogP contribution in [0.5, 0.6) is 0 Å². The van der Waals surface area contributed by atoms with Crippen LogP contribution in [0.1, 0.15) is 48.7 Å². The largest absolute Gasteiger partial charge is 0.377 e. The average molecular weight is 343 g/mol. The van der Waals surface area contributed by atoms with Crippen LogP contribution in [0.15, 0.2) is 10.2 Å². The smallest absolute Gasteiger partial charge is 0.223 e. The Bertz CT molecular complexity index is 725. The maximum Gasteiger partial charge on any atom is 0.223 e. The van der Waals surface area contributed by atoms with Crippen LogP contribution in [0.4, 0.5) is 0 Å². The van der Waals surface area contributed by atoms with Gasteiger partial charge < -0.3 is 9.64 Å². The van der Waals surface area contributed by atoms with E-state index >= 15 is 0 Å². The molecule has 1 atom stereocenters. The molecular weight excluding hydrogens is 318 g/mol. The second-order valence-corrected chi connectivity index (χ2v) is 6.77. The van der Waals surface area contributed by atoms with Gasteiger partial charge in [0.15, 0.2) is 5.66 Å². The third-order valence-corrected chi connectivity index (χ3v) is 5.14. The summed E-state index contributed by atoms with van der Waals surface area (Å²) in [6, 6.07) is -0.0790. The topological polar surface area (TPSA) is 72.1 Å². The molecule has 0 N–H and O–H groups in total. The minimum atomic E-state index is -0.413. The van der Waals surface area contributed by atoms with Crippen molar-refractivity contribution in [1.29, 1.82) is 0 Å². The molecule has 0 spiro atoms. The summed E-state index contributed by atoms with van der Waals surface area (Å²) in [6.07, 6.45) is 7.73. The Morgan fingerprint density at radius 1 is 1.40 bits per heavy atom. The van der Waals surface area contributed by atoms with Crippen LogP contribution in [-0.2, 0) is 16.6 Å². The molecule has 0 aromatic carbocycles. The molecule has 1 unspecified atom stereocenters. The summed E-state index contributed by atoms with van der Waals surface area (Å²) in [5.74, 6) is 2.74. The highest BCUT2D eigenvalue weighted by molar-refractivity contribution is 5.77. The van der Waals surface area contributed by atoms with E-state index in [1.807, 2.05) is 30.5 Å². The molecule has 1 aromatic rings. The molecule has 1 aromatic heterocycles. The Balaban J connectivity index is 1.69. The number of amides is 1. The molecule has 1 fully saturated rings. The van der Waals surface area contributed by atoms with Crippen LogP contribution < -0.4 is 0 Å². The third-order valence-electron chi connectivity index (χ3n) is 5.14. The van der Waals surface area contributed by atoms with Gasteiger partial charge in [-0.15, -0.1) is 12.3 Å². The summed E-state index contributed by atoms with van der Waals surface area (Å²) in [6.45, 7) is 5.69. The molecule has 1 saturated heterocycles.